The highest BCUT2D eigenvalue weighted by Crippen LogP contribution is 2.22. The zero-order chi connectivity index (χ0) is 18.5. The molecule has 0 aromatic heterocycles. The van der Waals surface area contributed by atoms with E-state index in [9.17, 15) is 14.4 Å². The van der Waals surface area contributed by atoms with Gasteiger partial charge in [-0.1, -0.05) is 29.8 Å². The summed E-state index contributed by atoms with van der Waals surface area (Å²) in [6.45, 7) is 3.00. The monoisotopic (exact) mass is 351 g/mol. The average molecular weight is 351 g/mol. The SMILES string of the molecule is Cc1ccc(CNC(=O)C(=O)Nc2ccc(N3CCCC3=O)cc2)cc1. The summed E-state index contributed by atoms with van der Waals surface area (Å²) in [4.78, 5) is 37.4. The van der Waals surface area contributed by atoms with Gasteiger partial charge in [0.25, 0.3) is 0 Å². The highest BCUT2D eigenvalue weighted by molar-refractivity contribution is 6.39. The van der Waals surface area contributed by atoms with Gasteiger partial charge >= 0.3 is 11.8 Å². The summed E-state index contributed by atoms with van der Waals surface area (Å²) >= 11 is 0. The lowest BCUT2D eigenvalue weighted by Crippen LogP contribution is -2.34. The Bertz CT molecular complexity index is 813. The quantitative estimate of drug-likeness (QED) is 0.830. The standard InChI is InChI=1S/C20H21N3O3/c1-14-4-6-15(7-5-14)13-21-19(25)20(26)22-16-8-10-17(11-9-16)23-12-2-3-18(23)24/h4-11H,2-3,12-13H2,1H3,(H,21,25)(H,22,26). The lowest BCUT2D eigenvalue weighted by atomic mass is 10.1. The van der Waals surface area contributed by atoms with E-state index in [1.807, 2.05) is 31.2 Å². The molecule has 0 atom stereocenters. The van der Waals surface area contributed by atoms with Crippen LogP contribution in [0.4, 0.5) is 11.4 Å². The number of carbonyl (C=O) groups excluding carboxylic acids is 3. The number of nitrogens with one attached hydrogen (secondary N) is 2. The van der Waals surface area contributed by atoms with E-state index in [2.05, 4.69) is 10.6 Å². The Labute approximate surface area is 152 Å². The topological polar surface area (TPSA) is 78.5 Å². The number of hydrogen-bond donors (Lipinski definition) is 2. The van der Waals surface area contributed by atoms with Crippen LogP contribution < -0.4 is 15.5 Å². The maximum atomic E-state index is 12.0. The second kappa shape index (κ2) is 7.82. The Kier molecular flexibility index (Phi) is 5.31. The van der Waals surface area contributed by atoms with Gasteiger partial charge in [-0.3, -0.25) is 14.4 Å². The first kappa shape index (κ1) is 17.7. The van der Waals surface area contributed by atoms with Crippen LogP contribution in [-0.2, 0) is 20.9 Å². The van der Waals surface area contributed by atoms with E-state index < -0.39 is 11.8 Å². The average Bonchev–Trinajstić information content (AvgIpc) is 3.07. The molecule has 3 amide bonds. The molecule has 1 heterocycles. The maximum absolute atomic E-state index is 12.0. The van der Waals surface area contributed by atoms with Gasteiger partial charge in [-0.05, 0) is 43.2 Å². The molecule has 1 fully saturated rings. The van der Waals surface area contributed by atoms with Gasteiger partial charge in [-0.2, -0.15) is 0 Å². The number of rotatable bonds is 4. The number of carbonyl (C=O) groups is 3. The minimum atomic E-state index is -0.720. The Balaban J connectivity index is 1.52. The second-order valence-electron chi connectivity index (χ2n) is 6.32. The molecule has 0 aliphatic carbocycles. The van der Waals surface area contributed by atoms with Crippen molar-refractivity contribution in [2.75, 3.05) is 16.8 Å². The maximum Gasteiger partial charge on any atom is 0.313 e. The van der Waals surface area contributed by atoms with Crippen molar-refractivity contribution in [2.24, 2.45) is 0 Å². The van der Waals surface area contributed by atoms with Crippen molar-refractivity contribution in [3.63, 3.8) is 0 Å². The highest BCUT2D eigenvalue weighted by atomic mass is 16.2. The molecule has 26 heavy (non-hydrogen) atoms. The molecule has 1 aliphatic rings. The van der Waals surface area contributed by atoms with Gasteiger partial charge < -0.3 is 15.5 Å². The van der Waals surface area contributed by atoms with Crippen LogP contribution in [-0.4, -0.2) is 24.3 Å². The van der Waals surface area contributed by atoms with E-state index in [-0.39, 0.29) is 5.91 Å². The zero-order valence-electron chi connectivity index (χ0n) is 14.6. The molecule has 0 spiro atoms. The number of amides is 3. The smallest absolute Gasteiger partial charge is 0.313 e. The molecule has 0 unspecified atom stereocenters. The Morgan fingerprint density at radius 1 is 1.00 bits per heavy atom. The van der Waals surface area contributed by atoms with Crippen molar-refractivity contribution in [1.29, 1.82) is 0 Å². The first-order valence-electron chi connectivity index (χ1n) is 8.58. The van der Waals surface area contributed by atoms with Crippen LogP contribution in [0, 0.1) is 6.92 Å². The van der Waals surface area contributed by atoms with Crippen molar-refractivity contribution in [1.82, 2.24) is 5.32 Å². The lowest BCUT2D eigenvalue weighted by molar-refractivity contribution is -0.136. The van der Waals surface area contributed by atoms with Crippen molar-refractivity contribution in [3.05, 3.63) is 59.7 Å². The summed E-state index contributed by atoms with van der Waals surface area (Å²) in [7, 11) is 0. The molecule has 3 rings (SSSR count). The molecule has 6 nitrogen and oxygen atoms in total. The Hall–Kier alpha value is -3.15. The molecule has 2 aromatic rings. The van der Waals surface area contributed by atoms with Gasteiger partial charge in [0.2, 0.25) is 5.91 Å². The minimum absolute atomic E-state index is 0.109. The number of hydrogen-bond acceptors (Lipinski definition) is 3. The van der Waals surface area contributed by atoms with Crippen LogP contribution in [0.5, 0.6) is 0 Å². The number of nitrogens with zero attached hydrogens (tertiary/aromatic N) is 1. The second-order valence-corrected chi connectivity index (χ2v) is 6.32. The van der Waals surface area contributed by atoms with Crippen molar-refractivity contribution >= 4 is 29.1 Å². The van der Waals surface area contributed by atoms with E-state index in [1.54, 1.807) is 29.2 Å². The third-order valence-electron chi connectivity index (χ3n) is 4.29. The minimum Gasteiger partial charge on any atom is -0.344 e. The van der Waals surface area contributed by atoms with Gasteiger partial charge in [0.15, 0.2) is 0 Å². The van der Waals surface area contributed by atoms with E-state index in [1.165, 1.54) is 0 Å². The molecule has 2 aromatic carbocycles. The number of aryl methyl sites for hydroxylation is 1. The van der Waals surface area contributed by atoms with Gasteiger partial charge in [0.1, 0.15) is 0 Å². The fourth-order valence-corrected chi connectivity index (χ4v) is 2.80. The van der Waals surface area contributed by atoms with Crippen molar-refractivity contribution < 1.29 is 14.4 Å². The normalized spacial score (nSPS) is 13.6. The zero-order valence-corrected chi connectivity index (χ0v) is 14.6. The molecule has 0 saturated carbocycles. The van der Waals surface area contributed by atoms with Crippen molar-refractivity contribution in [2.45, 2.75) is 26.3 Å². The van der Waals surface area contributed by atoms with Gasteiger partial charge in [-0.25, -0.2) is 0 Å². The number of anilines is 2. The summed E-state index contributed by atoms with van der Waals surface area (Å²) in [5.74, 6) is -1.30. The highest BCUT2D eigenvalue weighted by Gasteiger charge is 2.21. The van der Waals surface area contributed by atoms with Crippen LogP contribution >= 0.6 is 0 Å². The van der Waals surface area contributed by atoms with Crippen molar-refractivity contribution in [3.8, 4) is 0 Å². The molecule has 134 valence electrons. The fraction of sp³-hybridized carbons (Fsp3) is 0.250. The molecule has 6 heteroatoms. The predicted octanol–water partition coefficient (Wildman–Crippen LogP) is 2.38. The van der Waals surface area contributed by atoms with Crippen LogP contribution in [0.15, 0.2) is 48.5 Å². The van der Waals surface area contributed by atoms with E-state index in [4.69, 9.17) is 0 Å². The molecular weight excluding hydrogens is 330 g/mol. The molecular formula is C20H21N3O3. The third kappa shape index (κ3) is 4.27. The van der Waals surface area contributed by atoms with E-state index in [0.717, 1.165) is 23.2 Å². The van der Waals surface area contributed by atoms with Gasteiger partial charge in [0.05, 0.1) is 0 Å². The Morgan fingerprint density at radius 3 is 2.31 bits per heavy atom. The van der Waals surface area contributed by atoms with Gasteiger partial charge in [-0.15, -0.1) is 0 Å². The van der Waals surface area contributed by atoms with Crippen LogP contribution in [0.3, 0.4) is 0 Å². The number of benzene rings is 2. The van der Waals surface area contributed by atoms with Crippen LogP contribution in [0.25, 0.3) is 0 Å². The molecule has 0 bridgehead atoms. The molecule has 2 N–H and O–H groups in total. The summed E-state index contributed by atoms with van der Waals surface area (Å²) in [6, 6.07) is 14.6. The summed E-state index contributed by atoms with van der Waals surface area (Å²) in [5, 5.41) is 5.16. The Morgan fingerprint density at radius 2 is 1.69 bits per heavy atom. The summed E-state index contributed by atoms with van der Waals surface area (Å²) in [5.41, 5.74) is 3.37. The molecule has 1 saturated heterocycles. The first-order valence-corrected chi connectivity index (χ1v) is 8.58. The summed E-state index contributed by atoms with van der Waals surface area (Å²) < 4.78 is 0. The van der Waals surface area contributed by atoms with E-state index >= 15 is 0 Å². The fourth-order valence-electron chi connectivity index (χ4n) is 2.80. The van der Waals surface area contributed by atoms with Crippen LogP contribution in [0.2, 0.25) is 0 Å². The largest absolute Gasteiger partial charge is 0.344 e. The van der Waals surface area contributed by atoms with Gasteiger partial charge in [0, 0.05) is 30.9 Å². The predicted molar refractivity (Wildman–Crippen MR) is 99.7 cm³/mol. The molecule has 1 aliphatic heterocycles. The van der Waals surface area contributed by atoms with E-state index in [0.29, 0.717) is 25.2 Å². The summed E-state index contributed by atoms with van der Waals surface area (Å²) in [6.07, 6.45) is 1.43. The lowest BCUT2D eigenvalue weighted by Gasteiger charge is -2.16. The molecule has 0 radical (unpaired) electrons. The van der Waals surface area contributed by atoms with Crippen LogP contribution in [0.1, 0.15) is 24.0 Å². The third-order valence-corrected chi connectivity index (χ3v) is 4.29. The first-order chi connectivity index (χ1) is 12.5.